The molecule has 4 heteroatoms. The normalized spacial score (nSPS) is 14.6. The van der Waals surface area contributed by atoms with Gasteiger partial charge < -0.3 is 10.2 Å². The summed E-state index contributed by atoms with van der Waals surface area (Å²) in [5.41, 5.74) is 0.378. The minimum Gasteiger partial charge on any atom is -0.481 e. The number of hydrogen-bond acceptors (Lipinski definition) is 2. The van der Waals surface area contributed by atoms with Crippen LogP contribution in [-0.2, 0) is 4.79 Å². The van der Waals surface area contributed by atoms with Gasteiger partial charge in [-0.15, -0.1) is 0 Å². The Hall–Kier alpha value is -1.42. The Bertz CT molecular complexity index is 349. The third kappa shape index (κ3) is 3.32. The lowest BCUT2D eigenvalue weighted by Gasteiger charge is -2.14. The van der Waals surface area contributed by atoms with Crippen molar-refractivity contribution in [1.82, 2.24) is 0 Å². The Balaban J connectivity index is 2.94. The van der Waals surface area contributed by atoms with Crippen molar-refractivity contribution in [2.45, 2.75) is 25.4 Å². The molecule has 15 heavy (non-hydrogen) atoms. The predicted molar refractivity (Wildman–Crippen MR) is 53.1 cm³/mol. The van der Waals surface area contributed by atoms with Crippen molar-refractivity contribution in [2.75, 3.05) is 0 Å². The van der Waals surface area contributed by atoms with Gasteiger partial charge in [0.1, 0.15) is 5.82 Å². The number of aliphatic hydroxyl groups excluding tert-OH is 1. The first-order chi connectivity index (χ1) is 7.00. The van der Waals surface area contributed by atoms with Gasteiger partial charge in [0.15, 0.2) is 0 Å². The monoisotopic (exact) mass is 212 g/mol. The van der Waals surface area contributed by atoms with Crippen molar-refractivity contribution in [3.63, 3.8) is 0 Å². The molecular weight excluding hydrogens is 199 g/mol. The molecule has 0 aliphatic heterocycles. The van der Waals surface area contributed by atoms with Crippen molar-refractivity contribution in [2.24, 2.45) is 0 Å². The van der Waals surface area contributed by atoms with E-state index in [1.54, 1.807) is 6.07 Å². The van der Waals surface area contributed by atoms with Gasteiger partial charge in [-0.05, 0) is 31.0 Å². The summed E-state index contributed by atoms with van der Waals surface area (Å²) in [7, 11) is 0. The number of aliphatic carboxylic acids is 1. The van der Waals surface area contributed by atoms with E-state index in [4.69, 9.17) is 10.2 Å². The van der Waals surface area contributed by atoms with Crippen LogP contribution in [0.1, 0.15) is 24.8 Å². The van der Waals surface area contributed by atoms with Gasteiger partial charge in [-0.3, -0.25) is 4.79 Å². The van der Waals surface area contributed by atoms with E-state index in [1.165, 1.54) is 25.1 Å². The summed E-state index contributed by atoms with van der Waals surface area (Å²) in [4.78, 5) is 10.9. The average molecular weight is 212 g/mol. The molecule has 2 atom stereocenters. The van der Waals surface area contributed by atoms with Gasteiger partial charge in [-0.1, -0.05) is 12.1 Å². The standard InChI is InChI=1S/C11H13FO3/c1-7(13)5-10(11(14)15)8-3-2-4-9(12)6-8/h2-4,6-7,10,13H,5H2,1H3,(H,14,15). The molecule has 82 valence electrons. The zero-order valence-corrected chi connectivity index (χ0v) is 8.35. The van der Waals surface area contributed by atoms with Crippen molar-refractivity contribution >= 4 is 5.97 Å². The largest absolute Gasteiger partial charge is 0.481 e. The number of carboxylic acids is 1. The minimum absolute atomic E-state index is 0.0821. The van der Waals surface area contributed by atoms with Crippen LogP contribution in [0.4, 0.5) is 4.39 Å². The van der Waals surface area contributed by atoms with Gasteiger partial charge in [0, 0.05) is 0 Å². The Morgan fingerprint density at radius 3 is 2.67 bits per heavy atom. The summed E-state index contributed by atoms with van der Waals surface area (Å²) in [6.45, 7) is 1.51. The fraction of sp³-hybridized carbons (Fsp3) is 0.364. The van der Waals surface area contributed by atoms with Gasteiger partial charge in [-0.2, -0.15) is 0 Å². The summed E-state index contributed by atoms with van der Waals surface area (Å²) in [6.07, 6.45) is -0.645. The number of halogens is 1. The molecule has 0 bridgehead atoms. The van der Waals surface area contributed by atoms with Crippen LogP contribution < -0.4 is 0 Å². The molecule has 0 aliphatic rings. The number of rotatable bonds is 4. The molecule has 3 nitrogen and oxygen atoms in total. The first-order valence-electron chi connectivity index (χ1n) is 4.67. The fourth-order valence-electron chi connectivity index (χ4n) is 1.44. The lowest BCUT2D eigenvalue weighted by molar-refractivity contribution is -0.139. The molecule has 2 unspecified atom stereocenters. The maximum absolute atomic E-state index is 12.9. The van der Waals surface area contributed by atoms with Gasteiger partial charge in [0.25, 0.3) is 0 Å². The van der Waals surface area contributed by atoms with E-state index in [-0.39, 0.29) is 6.42 Å². The van der Waals surface area contributed by atoms with Crippen molar-refractivity contribution in [1.29, 1.82) is 0 Å². The second kappa shape index (κ2) is 4.89. The first-order valence-corrected chi connectivity index (χ1v) is 4.67. The van der Waals surface area contributed by atoms with E-state index < -0.39 is 23.8 Å². The first kappa shape index (κ1) is 11.7. The van der Waals surface area contributed by atoms with Gasteiger partial charge in [0.05, 0.1) is 12.0 Å². The molecule has 0 aliphatic carbocycles. The van der Waals surface area contributed by atoms with Gasteiger partial charge >= 0.3 is 5.97 Å². The zero-order chi connectivity index (χ0) is 11.4. The van der Waals surface area contributed by atoms with Crippen LogP contribution >= 0.6 is 0 Å². The van der Waals surface area contributed by atoms with E-state index in [0.29, 0.717) is 5.56 Å². The highest BCUT2D eigenvalue weighted by molar-refractivity contribution is 5.76. The van der Waals surface area contributed by atoms with Gasteiger partial charge in [-0.25, -0.2) is 4.39 Å². The molecule has 0 amide bonds. The number of carbonyl (C=O) groups is 1. The molecule has 0 aromatic heterocycles. The summed E-state index contributed by atoms with van der Waals surface area (Å²) in [6, 6.07) is 5.44. The lowest BCUT2D eigenvalue weighted by Crippen LogP contribution is -2.17. The minimum atomic E-state index is -1.05. The molecule has 1 aromatic carbocycles. The molecule has 0 fully saturated rings. The fourth-order valence-corrected chi connectivity index (χ4v) is 1.44. The number of aliphatic hydroxyl groups is 1. The van der Waals surface area contributed by atoms with E-state index >= 15 is 0 Å². The Kier molecular flexibility index (Phi) is 3.80. The van der Waals surface area contributed by atoms with Crippen LogP contribution in [0.15, 0.2) is 24.3 Å². The predicted octanol–water partition coefficient (Wildman–Crippen LogP) is 1.76. The molecule has 1 aromatic rings. The number of hydrogen-bond donors (Lipinski definition) is 2. The smallest absolute Gasteiger partial charge is 0.311 e. The summed E-state index contributed by atoms with van der Waals surface area (Å²) < 4.78 is 12.9. The van der Waals surface area contributed by atoms with Gasteiger partial charge in [0.2, 0.25) is 0 Å². The molecule has 0 radical (unpaired) electrons. The highest BCUT2D eigenvalue weighted by atomic mass is 19.1. The van der Waals surface area contributed by atoms with E-state index in [0.717, 1.165) is 0 Å². The van der Waals surface area contributed by atoms with Crippen LogP contribution in [0.5, 0.6) is 0 Å². The van der Waals surface area contributed by atoms with Crippen LogP contribution in [0.3, 0.4) is 0 Å². The topological polar surface area (TPSA) is 57.5 Å². The van der Waals surface area contributed by atoms with Crippen molar-refractivity contribution in [3.8, 4) is 0 Å². The van der Waals surface area contributed by atoms with E-state index in [9.17, 15) is 9.18 Å². The highest BCUT2D eigenvalue weighted by Gasteiger charge is 2.21. The average Bonchev–Trinajstić information content (AvgIpc) is 2.13. The van der Waals surface area contributed by atoms with Crippen molar-refractivity contribution < 1.29 is 19.4 Å². The molecule has 0 saturated carbocycles. The maximum Gasteiger partial charge on any atom is 0.311 e. The molecule has 0 spiro atoms. The molecule has 1 rings (SSSR count). The van der Waals surface area contributed by atoms with Crippen LogP contribution in [-0.4, -0.2) is 22.3 Å². The van der Waals surface area contributed by atoms with Crippen molar-refractivity contribution in [3.05, 3.63) is 35.6 Å². The quantitative estimate of drug-likeness (QED) is 0.799. The maximum atomic E-state index is 12.9. The number of benzene rings is 1. The van der Waals surface area contributed by atoms with E-state index in [1.807, 2.05) is 0 Å². The lowest BCUT2D eigenvalue weighted by atomic mass is 9.93. The third-order valence-corrected chi connectivity index (χ3v) is 2.13. The molecule has 2 N–H and O–H groups in total. The molecular formula is C11H13FO3. The zero-order valence-electron chi connectivity index (χ0n) is 8.35. The Morgan fingerprint density at radius 2 is 2.20 bits per heavy atom. The molecule has 0 heterocycles. The summed E-state index contributed by atoms with van der Waals surface area (Å²) in [5.74, 6) is -2.38. The Morgan fingerprint density at radius 1 is 1.53 bits per heavy atom. The summed E-state index contributed by atoms with van der Waals surface area (Å²) >= 11 is 0. The Labute approximate surface area is 87.2 Å². The second-order valence-electron chi connectivity index (χ2n) is 3.53. The highest BCUT2D eigenvalue weighted by Crippen LogP contribution is 2.22. The second-order valence-corrected chi connectivity index (χ2v) is 3.53. The number of carboxylic acid groups (broad SMARTS) is 1. The van der Waals surface area contributed by atoms with Crippen LogP contribution in [0.25, 0.3) is 0 Å². The summed E-state index contributed by atoms with van der Waals surface area (Å²) in [5, 5.41) is 18.1. The van der Waals surface area contributed by atoms with E-state index in [2.05, 4.69) is 0 Å². The van der Waals surface area contributed by atoms with Crippen LogP contribution in [0.2, 0.25) is 0 Å². The van der Waals surface area contributed by atoms with Crippen LogP contribution in [0, 0.1) is 5.82 Å². The molecule has 0 saturated heterocycles. The SMILES string of the molecule is CC(O)CC(C(=O)O)c1cccc(F)c1. The third-order valence-electron chi connectivity index (χ3n) is 2.13.